The summed E-state index contributed by atoms with van der Waals surface area (Å²) >= 11 is 0. The van der Waals surface area contributed by atoms with Crippen molar-refractivity contribution >= 4 is 12.1 Å². The smallest absolute Gasteiger partial charge is 0.123 e. The summed E-state index contributed by atoms with van der Waals surface area (Å²) in [6, 6.07) is 15.2. The second kappa shape index (κ2) is 6.52. The lowest BCUT2D eigenvalue weighted by molar-refractivity contribution is -0.108. The van der Waals surface area contributed by atoms with Gasteiger partial charge in [-0.05, 0) is 23.3 Å². The third-order valence-corrected chi connectivity index (χ3v) is 2.89. The Morgan fingerprint density at radius 1 is 1.05 bits per heavy atom. The van der Waals surface area contributed by atoms with Crippen LogP contribution in [0.25, 0.3) is 11.1 Å². The van der Waals surface area contributed by atoms with Crippen LogP contribution in [0.2, 0.25) is 0 Å². The van der Waals surface area contributed by atoms with Crippen LogP contribution in [0.3, 0.4) is 0 Å². The maximum absolute atomic E-state index is 10.2. The quantitative estimate of drug-likeness (QED) is 0.366. The average molecular weight is 268 g/mol. The van der Waals surface area contributed by atoms with Gasteiger partial charge in [-0.3, -0.25) is 5.41 Å². The van der Waals surface area contributed by atoms with E-state index < -0.39 is 0 Å². The topological polar surface area (TPSA) is 76.2 Å². The molecule has 0 aromatic heterocycles. The van der Waals surface area contributed by atoms with Crippen LogP contribution in [-0.2, 0) is 4.79 Å². The summed E-state index contributed by atoms with van der Waals surface area (Å²) in [6.45, 7) is 0.399. The summed E-state index contributed by atoms with van der Waals surface area (Å²) in [7, 11) is 0. The maximum Gasteiger partial charge on any atom is 0.123 e. The highest BCUT2D eigenvalue weighted by Gasteiger charge is 2.00. The first kappa shape index (κ1) is 13.8. The van der Waals surface area contributed by atoms with Gasteiger partial charge in [-0.15, -0.1) is 0 Å². The summed E-state index contributed by atoms with van der Waals surface area (Å²) in [4.78, 5) is 10.2. The van der Waals surface area contributed by atoms with Crippen LogP contribution in [0.1, 0.15) is 12.0 Å². The summed E-state index contributed by atoms with van der Waals surface area (Å²) in [5.41, 5.74) is 8.24. The lowest BCUT2D eigenvalue weighted by Gasteiger charge is -2.06. The fraction of sp³-hybridized carbons (Fsp3) is 0.125. The number of nitrogens with one attached hydrogen (secondary N) is 1. The number of nitrogen functional groups attached to an aromatic ring is 1. The number of nitrogens with two attached hydrogens (primary N) is 1. The van der Waals surface area contributed by atoms with E-state index in [0.717, 1.165) is 23.2 Å². The predicted octanol–water partition coefficient (Wildman–Crippen LogP) is 2.61. The number of rotatable bonds is 6. The minimum Gasteiger partial charge on any atom is -0.493 e. The first-order valence-corrected chi connectivity index (χ1v) is 6.32. The second-order valence-electron chi connectivity index (χ2n) is 4.32. The van der Waals surface area contributed by atoms with Gasteiger partial charge in [0, 0.05) is 12.0 Å². The van der Waals surface area contributed by atoms with Crippen LogP contribution in [0.5, 0.6) is 5.75 Å². The Balaban J connectivity index is 2.09. The summed E-state index contributed by atoms with van der Waals surface area (Å²) < 4.78 is 5.41. The van der Waals surface area contributed by atoms with E-state index in [4.69, 9.17) is 15.9 Å². The highest BCUT2D eigenvalue weighted by molar-refractivity contribution is 5.95. The highest BCUT2D eigenvalue weighted by atomic mass is 16.5. The molecular formula is C16H16N2O2. The molecule has 0 unspecified atom stereocenters. The largest absolute Gasteiger partial charge is 0.493 e. The SMILES string of the molecule is N=C(N)c1ccc(-c2ccc(OCCC=O)cc2)cc1. The summed E-state index contributed by atoms with van der Waals surface area (Å²) in [5, 5.41) is 7.36. The number of hydrogen-bond acceptors (Lipinski definition) is 3. The van der Waals surface area contributed by atoms with E-state index >= 15 is 0 Å². The van der Waals surface area contributed by atoms with Crippen molar-refractivity contribution in [2.45, 2.75) is 6.42 Å². The van der Waals surface area contributed by atoms with Crippen molar-refractivity contribution in [3.05, 3.63) is 54.1 Å². The molecule has 0 radical (unpaired) electrons. The van der Waals surface area contributed by atoms with Crippen LogP contribution in [0.15, 0.2) is 48.5 Å². The van der Waals surface area contributed by atoms with E-state index in [1.54, 1.807) is 0 Å². The van der Waals surface area contributed by atoms with Gasteiger partial charge in [0.15, 0.2) is 0 Å². The van der Waals surface area contributed by atoms with Crippen molar-refractivity contribution in [2.24, 2.45) is 5.73 Å². The van der Waals surface area contributed by atoms with Gasteiger partial charge in [0.25, 0.3) is 0 Å². The monoisotopic (exact) mass is 268 g/mol. The lowest BCUT2D eigenvalue weighted by atomic mass is 10.0. The molecule has 20 heavy (non-hydrogen) atoms. The molecule has 0 fully saturated rings. The first-order chi connectivity index (χ1) is 9.70. The Morgan fingerprint density at radius 2 is 1.60 bits per heavy atom. The van der Waals surface area contributed by atoms with Crippen molar-refractivity contribution in [3.63, 3.8) is 0 Å². The molecule has 0 atom stereocenters. The zero-order valence-electron chi connectivity index (χ0n) is 11.0. The minimum absolute atomic E-state index is 0.0653. The first-order valence-electron chi connectivity index (χ1n) is 6.32. The number of amidine groups is 1. The molecule has 102 valence electrons. The van der Waals surface area contributed by atoms with Crippen LogP contribution >= 0.6 is 0 Å². The molecule has 0 saturated carbocycles. The lowest BCUT2D eigenvalue weighted by Crippen LogP contribution is -2.10. The minimum atomic E-state index is 0.0653. The van der Waals surface area contributed by atoms with Crippen molar-refractivity contribution < 1.29 is 9.53 Å². The zero-order valence-corrected chi connectivity index (χ0v) is 11.0. The summed E-state index contributed by atoms with van der Waals surface area (Å²) in [5.74, 6) is 0.812. The number of aldehydes is 1. The van der Waals surface area contributed by atoms with Crippen LogP contribution in [0, 0.1) is 5.41 Å². The Kier molecular flexibility index (Phi) is 4.50. The van der Waals surface area contributed by atoms with Gasteiger partial charge in [-0.1, -0.05) is 36.4 Å². The Morgan fingerprint density at radius 3 is 2.10 bits per heavy atom. The fourth-order valence-electron chi connectivity index (χ4n) is 1.81. The van der Waals surface area contributed by atoms with Gasteiger partial charge >= 0.3 is 0 Å². The van der Waals surface area contributed by atoms with E-state index in [9.17, 15) is 4.79 Å². The van der Waals surface area contributed by atoms with Gasteiger partial charge in [0.2, 0.25) is 0 Å². The highest BCUT2D eigenvalue weighted by Crippen LogP contribution is 2.22. The van der Waals surface area contributed by atoms with Crippen LogP contribution < -0.4 is 10.5 Å². The van der Waals surface area contributed by atoms with Crippen molar-refractivity contribution in [1.29, 1.82) is 5.41 Å². The molecule has 0 saturated heterocycles. The molecule has 0 aliphatic carbocycles. The molecule has 4 nitrogen and oxygen atoms in total. The Labute approximate surface area is 117 Å². The number of carbonyl (C=O) groups excluding carboxylic acids is 1. The van der Waals surface area contributed by atoms with Gasteiger partial charge in [0.05, 0.1) is 6.61 Å². The van der Waals surface area contributed by atoms with E-state index in [1.165, 1.54) is 0 Å². The van der Waals surface area contributed by atoms with Crippen LogP contribution in [-0.4, -0.2) is 18.7 Å². The molecule has 0 amide bonds. The Hall–Kier alpha value is -2.62. The van der Waals surface area contributed by atoms with Crippen molar-refractivity contribution in [3.8, 4) is 16.9 Å². The molecule has 0 aliphatic rings. The molecule has 0 bridgehead atoms. The molecule has 2 aromatic carbocycles. The average Bonchev–Trinajstić information content (AvgIpc) is 2.48. The molecule has 0 heterocycles. The molecule has 4 heteroatoms. The molecule has 0 aliphatic heterocycles. The van der Waals surface area contributed by atoms with E-state index in [-0.39, 0.29) is 5.84 Å². The molecule has 3 N–H and O–H groups in total. The van der Waals surface area contributed by atoms with Gasteiger partial charge in [-0.2, -0.15) is 0 Å². The zero-order chi connectivity index (χ0) is 14.4. The number of hydrogen-bond donors (Lipinski definition) is 2. The number of ether oxygens (including phenoxy) is 1. The molecule has 2 rings (SSSR count). The van der Waals surface area contributed by atoms with Crippen molar-refractivity contribution in [1.82, 2.24) is 0 Å². The molecule has 2 aromatic rings. The number of benzene rings is 2. The normalized spacial score (nSPS) is 10.0. The van der Waals surface area contributed by atoms with E-state index in [0.29, 0.717) is 18.6 Å². The third kappa shape index (κ3) is 3.45. The van der Waals surface area contributed by atoms with Gasteiger partial charge in [-0.25, -0.2) is 0 Å². The third-order valence-electron chi connectivity index (χ3n) is 2.89. The fourth-order valence-corrected chi connectivity index (χ4v) is 1.81. The number of carbonyl (C=O) groups is 1. The van der Waals surface area contributed by atoms with Gasteiger partial charge < -0.3 is 15.3 Å². The second-order valence-corrected chi connectivity index (χ2v) is 4.32. The van der Waals surface area contributed by atoms with Crippen molar-refractivity contribution in [2.75, 3.05) is 6.61 Å². The predicted molar refractivity (Wildman–Crippen MR) is 79.1 cm³/mol. The summed E-state index contributed by atoms with van der Waals surface area (Å²) in [6.07, 6.45) is 1.24. The van der Waals surface area contributed by atoms with E-state index in [2.05, 4.69) is 0 Å². The molecular weight excluding hydrogens is 252 g/mol. The molecule has 0 spiro atoms. The van der Waals surface area contributed by atoms with Gasteiger partial charge in [0.1, 0.15) is 17.9 Å². The van der Waals surface area contributed by atoms with Crippen LogP contribution in [0.4, 0.5) is 0 Å². The standard InChI is InChI=1S/C16H16N2O2/c17-16(18)14-4-2-12(3-5-14)13-6-8-15(9-7-13)20-11-1-10-19/h2-10H,1,11H2,(H3,17,18). The Bertz CT molecular complexity index is 589. The van der Waals surface area contributed by atoms with E-state index in [1.807, 2.05) is 48.5 Å². The maximum atomic E-state index is 10.2.